The molecule has 1 aliphatic heterocycles. The minimum Gasteiger partial charge on any atom is -0.354 e. The van der Waals surface area contributed by atoms with Crippen LogP contribution >= 0.6 is 11.6 Å². The van der Waals surface area contributed by atoms with Crippen LogP contribution in [0.15, 0.2) is 43.0 Å². The maximum absolute atomic E-state index is 5.90. The van der Waals surface area contributed by atoms with Crippen molar-refractivity contribution in [3.05, 3.63) is 53.6 Å². The molecule has 0 bridgehead atoms. The molecule has 4 heterocycles. The number of rotatable bonds is 3. The first-order valence-corrected chi connectivity index (χ1v) is 8.03. The summed E-state index contributed by atoms with van der Waals surface area (Å²) in [6.07, 6.45) is 5.25. The maximum atomic E-state index is 5.90. The Morgan fingerprint density at radius 2 is 1.91 bits per heavy atom. The number of aromatic nitrogens is 4. The van der Waals surface area contributed by atoms with Crippen molar-refractivity contribution in [2.24, 2.45) is 0 Å². The van der Waals surface area contributed by atoms with Crippen LogP contribution in [0.1, 0.15) is 5.56 Å². The molecule has 1 aliphatic rings. The van der Waals surface area contributed by atoms with Crippen molar-refractivity contribution in [3.8, 4) is 0 Å². The summed E-state index contributed by atoms with van der Waals surface area (Å²) in [7, 11) is 0. The van der Waals surface area contributed by atoms with E-state index in [1.807, 2.05) is 18.3 Å². The van der Waals surface area contributed by atoms with Gasteiger partial charge in [0.25, 0.3) is 0 Å². The fourth-order valence-corrected chi connectivity index (χ4v) is 3.02. The third-order valence-corrected chi connectivity index (χ3v) is 4.38. The van der Waals surface area contributed by atoms with Crippen LogP contribution in [0.5, 0.6) is 0 Å². The van der Waals surface area contributed by atoms with E-state index >= 15 is 0 Å². The lowest BCUT2D eigenvalue weighted by molar-refractivity contribution is 0.249. The van der Waals surface area contributed by atoms with Gasteiger partial charge in [0, 0.05) is 45.1 Å². The molecule has 0 spiro atoms. The molecule has 7 heteroatoms. The first-order valence-electron chi connectivity index (χ1n) is 7.65. The summed E-state index contributed by atoms with van der Waals surface area (Å²) in [5.74, 6) is 0.999. The first-order chi connectivity index (χ1) is 11.3. The van der Waals surface area contributed by atoms with E-state index in [1.54, 1.807) is 17.0 Å². The summed E-state index contributed by atoms with van der Waals surface area (Å²) in [5, 5.41) is 4.80. The fourth-order valence-electron chi connectivity index (χ4n) is 2.90. The number of pyridine rings is 2. The van der Waals surface area contributed by atoms with Gasteiger partial charge >= 0.3 is 0 Å². The van der Waals surface area contributed by atoms with Crippen LogP contribution in [0.25, 0.3) is 5.65 Å². The summed E-state index contributed by atoms with van der Waals surface area (Å²) in [6.45, 7) is 4.92. The minimum atomic E-state index is 0.677. The second kappa shape index (κ2) is 6.14. The topological polar surface area (TPSA) is 49.6 Å². The van der Waals surface area contributed by atoms with E-state index in [4.69, 9.17) is 11.6 Å². The van der Waals surface area contributed by atoms with Crippen molar-refractivity contribution < 1.29 is 0 Å². The number of hydrogen-bond acceptors (Lipinski definition) is 5. The average molecular weight is 329 g/mol. The molecule has 1 fully saturated rings. The Kier molecular flexibility index (Phi) is 3.85. The third-order valence-electron chi connectivity index (χ3n) is 4.16. The Morgan fingerprint density at radius 3 is 2.70 bits per heavy atom. The van der Waals surface area contributed by atoms with Crippen molar-refractivity contribution in [1.82, 2.24) is 24.5 Å². The highest BCUT2D eigenvalue weighted by Crippen LogP contribution is 2.17. The molecule has 4 rings (SSSR count). The largest absolute Gasteiger partial charge is 0.354 e. The van der Waals surface area contributed by atoms with Crippen molar-refractivity contribution in [1.29, 1.82) is 0 Å². The van der Waals surface area contributed by atoms with E-state index in [1.165, 1.54) is 5.56 Å². The van der Waals surface area contributed by atoms with Crippen LogP contribution in [-0.2, 0) is 6.54 Å². The standard InChI is InChI=1S/C16H17ClN6/c17-14-1-2-15(18-10-14)22-7-5-21(6-8-22)11-13-3-4-23-16(9-13)19-12-20-23/h1-4,9-10,12H,5-8,11H2. The van der Waals surface area contributed by atoms with Crippen molar-refractivity contribution >= 4 is 23.1 Å². The Balaban J connectivity index is 1.38. The van der Waals surface area contributed by atoms with Gasteiger partial charge in [0.1, 0.15) is 12.1 Å². The molecule has 0 unspecified atom stereocenters. The molecule has 1 saturated heterocycles. The Morgan fingerprint density at radius 1 is 1.04 bits per heavy atom. The Bertz CT molecular complexity index is 792. The van der Waals surface area contributed by atoms with E-state index < -0.39 is 0 Å². The summed E-state index contributed by atoms with van der Waals surface area (Å²) < 4.78 is 1.79. The summed E-state index contributed by atoms with van der Waals surface area (Å²) >= 11 is 5.90. The van der Waals surface area contributed by atoms with Gasteiger partial charge in [-0.2, -0.15) is 5.10 Å². The van der Waals surface area contributed by atoms with Gasteiger partial charge < -0.3 is 4.90 Å². The molecule has 23 heavy (non-hydrogen) atoms. The highest BCUT2D eigenvalue weighted by molar-refractivity contribution is 6.30. The van der Waals surface area contributed by atoms with Crippen LogP contribution in [0.3, 0.4) is 0 Å². The second-order valence-corrected chi connectivity index (χ2v) is 6.13. The van der Waals surface area contributed by atoms with Gasteiger partial charge in [0.2, 0.25) is 0 Å². The zero-order chi connectivity index (χ0) is 15.6. The lowest BCUT2D eigenvalue weighted by Gasteiger charge is -2.35. The summed E-state index contributed by atoms with van der Waals surface area (Å²) in [5.41, 5.74) is 2.16. The SMILES string of the molecule is Clc1ccc(N2CCN(Cc3ccn4ncnc4c3)CC2)nc1. The minimum absolute atomic E-state index is 0.677. The predicted octanol–water partition coefficient (Wildman–Crippen LogP) is 2.10. The van der Waals surface area contributed by atoms with Gasteiger partial charge in [0.15, 0.2) is 5.65 Å². The van der Waals surface area contributed by atoms with E-state index in [0.717, 1.165) is 44.2 Å². The molecular formula is C16H17ClN6. The zero-order valence-corrected chi connectivity index (χ0v) is 13.4. The maximum Gasteiger partial charge on any atom is 0.155 e. The van der Waals surface area contributed by atoms with Crippen LogP contribution < -0.4 is 4.90 Å². The molecule has 0 aliphatic carbocycles. The summed E-state index contributed by atoms with van der Waals surface area (Å²) in [6, 6.07) is 8.08. The van der Waals surface area contributed by atoms with Crippen molar-refractivity contribution in [3.63, 3.8) is 0 Å². The lowest BCUT2D eigenvalue weighted by atomic mass is 10.2. The van der Waals surface area contributed by atoms with Gasteiger partial charge in [-0.3, -0.25) is 4.90 Å². The highest BCUT2D eigenvalue weighted by Gasteiger charge is 2.18. The Hall–Kier alpha value is -2.18. The van der Waals surface area contributed by atoms with Crippen molar-refractivity contribution in [2.75, 3.05) is 31.1 Å². The number of piperazine rings is 1. The van der Waals surface area contributed by atoms with Crippen LogP contribution in [0.4, 0.5) is 5.82 Å². The van der Waals surface area contributed by atoms with Gasteiger partial charge in [0.05, 0.1) is 5.02 Å². The van der Waals surface area contributed by atoms with Gasteiger partial charge in [-0.1, -0.05) is 11.6 Å². The number of fused-ring (bicyclic) bond motifs is 1. The Labute approximate surface area is 139 Å². The zero-order valence-electron chi connectivity index (χ0n) is 12.6. The molecule has 0 atom stereocenters. The molecule has 0 radical (unpaired) electrons. The number of halogens is 1. The predicted molar refractivity (Wildman–Crippen MR) is 89.7 cm³/mol. The molecule has 0 aromatic carbocycles. The smallest absolute Gasteiger partial charge is 0.155 e. The molecular weight excluding hydrogens is 312 g/mol. The third kappa shape index (κ3) is 3.13. The molecule has 0 N–H and O–H groups in total. The number of nitrogens with zero attached hydrogens (tertiary/aromatic N) is 6. The van der Waals surface area contributed by atoms with Gasteiger partial charge in [-0.25, -0.2) is 14.5 Å². The van der Waals surface area contributed by atoms with E-state index in [0.29, 0.717) is 5.02 Å². The van der Waals surface area contributed by atoms with Crippen molar-refractivity contribution in [2.45, 2.75) is 6.54 Å². The van der Waals surface area contributed by atoms with Gasteiger partial charge in [-0.05, 0) is 29.8 Å². The molecule has 6 nitrogen and oxygen atoms in total. The molecule has 0 saturated carbocycles. The lowest BCUT2D eigenvalue weighted by Crippen LogP contribution is -2.46. The molecule has 0 amide bonds. The summed E-state index contributed by atoms with van der Waals surface area (Å²) in [4.78, 5) is 13.4. The van der Waals surface area contributed by atoms with Crippen LogP contribution in [0, 0.1) is 0 Å². The molecule has 3 aromatic rings. The molecule has 118 valence electrons. The second-order valence-electron chi connectivity index (χ2n) is 5.70. The normalized spacial score (nSPS) is 16.1. The monoisotopic (exact) mass is 328 g/mol. The van der Waals surface area contributed by atoms with E-state index in [-0.39, 0.29) is 0 Å². The average Bonchev–Trinajstić information content (AvgIpc) is 3.04. The number of anilines is 1. The number of hydrogen-bond donors (Lipinski definition) is 0. The fraction of sp³-hybridized carbons (Fsp3) is 0.312. The van der Waals surface area contributed by atoms with Crippen LogP contribution in [-0.4, -0.2) is 50.7 Å². The first kappa shape index (κ1) is 14.4. The van der Waals surface area contributed by atoms with Gasteiger partial charge in [-0.15, -0.1) is 0 Å². The quantitative estimate of drug-likeness (QED) is 0.737. The van der Waals surface area contributed by atoms with Crippen LogP contribution in [0.2, 0.25) is 5.02 Å². The highest BCUT2D eigenvalue weighted by atomic mass is 35.5. The van der Waals surface area contributed by atoms with E-state index in [9.17, 15) is 0 Å². The van der Waals surface area contributed by atoms with E-state index in [2.05, 4.69) is 37.0 Å². The molecule has 3 aromatic heterocycles.